The molecule has 0 aliphatic rings. The summed E-state index contributed by atoms with van der Waals surface area (Å²) in [5.74, 6) is -0.392. The van der Waals surface area contributed by atoms with Gasteiger partial charge in [-0.05, 0) is 56.6 Å². The summed E-state index contributed by atoms with van der Waals surface area (Å²) in [4.78, 5) is 12.0. The molecule has 1 atom stereocenters. The number of hydrazone groups is 1. The van der Waals surface area contributed by atoms with Crippen LogP contribution in [0.25, 0.3) is 0 Å². The van der Waals surface area contributed by atoms with Gasteiger partial charge in [-0.3, -0.25) is 4.79 Å². The Morgan fingerprint density at radius 1 is 1.43 bits per heavy atom. The van der Waals surface area contributed by atoms with Gasteiger partial charge in [0.1, 0.15) is 16.6 Å². The number of carbonyl (C=O) groups is 1. The summed E-state index contributed by atoms with van der Waals surface area (Å²) in [5, 5.41) is 4.58. The van der Waals surface area contributed by atoms with Gasteiger partial charge < -0.3 is 10.5 Å². The Bertz CT molecular complexity index is 708. The van der Waals surface area contributed by atoms with Gasteiger partial charge in [-0.25, -0.2) is 9.82 Å². The first-order valence-corrected chi connectivity index (χ1v) is 7.64. The molecule has 0 spiro atoms. The molecule has 6 nitrogen and oxygen atoms in total. The standard InChI is InChI=1S/C15H17FN4O2S/c1-8(13-9(2)20-23-14(13)17)18-19-15(21)10(3)22-12-6-4-11(16)5-7-12/h4-7,10H,17H2,1-3H3,(H,19,21)/b18-8-/t10-/m1/s1. The summed E-state index contributed by atoms with van der Waals surface area (Å²) in [5.41, 5.74) is 10.3. The van der Waals surface area contributed by atoms with Crippen LogP contribution in [0.4, 0.5) is 9.39 Å². The summed E-state index contributed by atoms with van der Waals surface area (Å²) >= 11 is 1.18. The fraction of sp³-hybridized carbons (Fsp3) is 0.267. The lowest BCUT2D eigenvalue weighted by molar-refractivity contribution is -0.127. The normalized spacial score (nSPS) is 12.8. The van der Waals surface area contributed by atoms with E-state index in [0.717, 1.165) is 11.3 Å². The molecule has 122 valence electrons. The lowest BCUT2D eigenvalue weighted by Crippen LogP contribution is -2.34. The molecule has 1 aromatic heterocycles. The molecule has 1 heterocycles. The van der Waals surface area contributed by atoms with Gasteiger partial charge in [-0.2, -0.15) is 9.47 Å². The molecule has 8 heteroatoms. The molecule has 0 aliphatic heterocycles. The molecule has 23 heavy (non-hydrogen) atoms. The van der Waals surface area contributed by atoms with Crippen molar-refractivity contribution in [2.45, 2.75) is 26.9 Å². The number of aryl methyl sites for hydroxylation is 1. The maximum absolute atomic E-state index is 12.8. The molecule has 1 amide bonds. The summed E-state index contributed by atoms with van der Waals surface area (Å²) in [6, 6.07) is 5.43. The highest BCUT2D eigenvalue weighted by Crippen LogP contribution is 2.21. The molecule has 0 bridgehead atoms. The molecular weight excluding hydrogens is 319 g/mol. The van der Waals surface area contributed by atoms with E-state index in [-0.39, 0.29) is 5.82 Å². The van der Waals surface area contributed by atoms with Crippen LogP contribution in [-0.4, -0.2) is 22.1 Å². The maximum Gasteiger partial charge on any atom is 0.280 e. The van der Waals surface area contributed by atoms with E-state index in [1.165, 1.54) is 35.8 Å². The largest absolute Gasteiger partial charge is 0.481 e. The first kappa shape index (κ1) is 16.9. The van der Waals surface area contributed by atoms with Gasteiger partial charge in [0, 0.05) is 0 Å². The number of nitrogen functional groups attached to an aromatic ring is 1. The van der Waals surface area contributed by atoms with Crippen molar-refractivity contribution in [3.05, 3.63) is 41.3 Å². The topological polar surface area (TPSA) is 89.6 Å². The number of aromatic nitrogens is 1. The zero-order valence-corrected chi connectivity index (χ0v) is 13.8. The number of halogens is 1. The first-order chi connectivity index (χ1) is 10.9. The molecule has 0 saturated carbocycles. The third-order valence-corrected chi connectivity index (χ3v) is 3.85. The highest BCUT2D eigenvalue weighted by molar-refractivity contribution is 7.10. The summed E-state index contributed by atoms with van der Waals surface area (Å²) < 4.78 is 22.4. The van der Waals surface area contributed by atoms with Crippen LogP contribution in [0.1, 0.15) is 25.1 Å². The van der Waals surface area contributed by atoms with Gasteiger partial charge >= 0.3 is 0 Å². The summed E-state index contributed by atoms with van der Waals surface area (Å²) in [6.07, 6.45) is -0.781. The number of hydrogen-bond acceptors (Lipinski definition) is 6. The Morgan fingerprint density at radius 2 is 2.09 bits per heavy atom. The second-order valence-electron chi connectivity index (χ2n) is 4.89. The van der Waals surface area contributed by atoms with Crippen molar-refractivity contribution in [3.63, 3.8) is 0 Å². The first-order valence-electron chi connectivity index (χ1n) is 6.87. The maximum atomic E-state index is 12.8. The van der Waals surface area contributed by atoms with Gasteiger partial charge in [0.05, 0.1) is 17.0 Å². The van der Waals surface area contributed by atoms with Crippen molar-refractivity contribution >= 4 is 28.2 Å². The number of benzene rings is 1. The number of nitrogens with two attached hydrogens (primary N) is 1. The second-order valence-corrected chi connectivity index (χ2v) is 5.70. The second kappa shape index (κ2) is 7.19. The summed E-state index contributed by atoms with van der Waals surface area (Å²) in [6.45, 7) is 5.14. The fourth-order valence-corrected chi connectivity index (χ4v) is 2.60. The number of carbonyl (C=O) groups excluding carboxylic acids is 1. The quantitative estimate of drug-likeness (QED) is 0.648. The van der Waals surface area contributed by atoms with E-state index in [2.05, 4.69) is 14.9 Å². The third kappa shape index (κ3) is 4.26. The molecule has 0 radical (unpaired) electrons. The predicted molar refractivity (Wildman–Crippen MR) is 88.1 cm³/mol. The van der Waals surface area contributed by atoms with E-state index in [1.807, 2.05) is 6.92 Å². The highest BCUT2D eigenvalue weighted by Gasteiger charge is 2.16. The van der Waals surface area contributed by atoms with Crippen molar-refractivity contribution in [3.8, 4) is 5.75 Å². The molecule has 2 rings (SSSR count). The van der Waals surface area contributed by atoms with Gasteiger partial charge in [0.2, 0.25) is 0 Å². The molecule has 2 aromatic rings. The molecule has 3 N–H and O–H groups in total. The van der Waals surface area contributed by atoms with Crippen molar-refractivity contribution in [2.24, 2.45) is 5.10 Å². The van der Waals surface area contributed by atoms with Crippen LogP contribution in [0.15, 0.2) is 29.4 Å². The minimum absolute atomic E-state index is 0.369. The average molecular weight is 336 g/mol. The van der Waals surface area contributed by atoms with Crippen molar-refractivity contribution in [1.82, 2.24) is 9.80 Å². The van der Waals surface area contributed by atoms with E-state index in [4.69, 9.17) is 10.5 Å². The number of ether oxygens (including phenoxy) is 1. The van der Waals surface area contributed by atoms with Crippen molar-refractivity contribution in [1.29, 1.82) is 0 Å². The molecule has 0 fully saturated rings. The monoisotopic (exact) mass is 336 g/mol. The SMILES string of the molecule is C/C(=N/NC(=O)[C@@H](C)Oc1ccc(F)cc1)c1c(C)nsc1N. The van der Waals surface area contributed by atoms with Gasteiger partial charge in [-0.15, -0.1) is 0 Å². The van der Waals surface area contributed by atoms with Gasteiger partial charge in [0.15, 0.2) is 6.10 Å². The Balaban J connectivity index is 1.98. The Morgan fingerprint density at radius 3 is 2.65 bits per heavy atom. The Labute approximate surface area is 137 Å². The van der Waals surface area contributed by atoms with Crippen LogP contribution in [0.2, 0.25) is 0 Å². The van der Waals surface area contributed by atoms with Crippen LogP contribution in [-0.2, 0) is 4.79 Å². The lowest BCUT2D eigenvalue weighted by atomic mass is 10.2. The smallest absolute Gasteiger partial charge is 0.280 e. The molecule has 0 unspecified atom stereocenters. The van der Waals surface area contributed by atoms with Crippen LogP contribution < -0.4 is 15.9 Å². The fourth-order valence-electron chi connectivity index (χ4n) is 1.88. The van der Waals surface area contributed by atoms with E-state index >= 15 is 0 Å². The highest BCUT2D eigenvalue weighted by atomic mass is 32.1. The van der Waals surface area contributed by atoms with Crippen LogP contribution in [0.5, 0.6) is 5.75 Å². The zero-order valence-electron chi connectivity index (χ0n) is 13.0. The van der Waals surface area contributed by atoms with Crippen LogP contribution in [0.3, 0.4) is 0 Å². The van der Waals surface area contributed by atoms with E-state index in [1.54, 1.807) is 13.8 Å². The number of hydrogen-bond donors (Lipinski definition) is 2. The number of nitrogens with zero attached hydrogens (tertiary/aromatic N) is 2. The van der Waals surface area contributed by atoms with E-state index in [0.29, 0.717) is 16.5 Å². The average Bonchev–Trinajstić information content (AvgIpc) is 2.85. The minimum atomic E-state index is -0.781. The summed E-state index contributed by atoms with van der Waals surface area (Å²) in [7, 11) is 0. The molecular formula is C15H17FN4O2S. The van der Waals surface area contributed by atoms with Gasteiger partial charge in [-0.1, -0.05) is 0 Å². The van der Waals surface area contributed by atoms with Gasteiger partial charge in [0.25, 0.3) is 5.91 Å². The third-order valence-electron chi connectivity index (χ3n) is 3.08. The van der Waals surface area contributed by atoms with E-state index < -0.39 is 12.0 Å². The predicted octanol–water partition coefficient (Wildman–Crippen LogP) is 2.48. The Kier molecular flexibility index (Phi) is 5.28. The van der Waals surface area contributed by atoms with E-state index in [9.17, 15) is 9.18 Å². The van der Waals surface area contributed by atoms with Crippen LogP contribution in [0, 0.1) is 12.7 Å². The van der Waals surface area contributed by atoms with Crippen molar-refractivity contribution < 1.29 is 13.9 Å². The zero-order chi connectivity index (χ0) is 17.0. The molecule has 0 saturated heterocycles. The Hall–Kier alpha value is -2.48. The number of nitrogens with one attached hydrogen (secondary N) is 1. The molecule has 1 aromatic carbocycles. The number of anilines is 1. The minimum Gasteiger partial charge on any atom is -0.481 e. The molecule has 0 aliphatic carbocycles. The van der Waals surface area contributed by atoms with Crippen LogP contribution >= 0.6 is 11.5 Å². The van der Waals surface area contributed by atoms with Crippen molar-refractivity contribution in [2.75, 3.05) is 5.73 Å². The number of amides is 1. The lowest BCUT2D eigenvalue weighted by Gasteiger charge is -2.13. The number of rotatable bonds is 5.